The van der Waals surface area contributed by atoms with Crippen LogP contribution in [-0.2, 0) is 4.79 Å². The van der Waals surface area contributed by atoms with Crippen molar-refractivity contribution in [1.29, 1.82) is 0 Å². The molecule has 0 aliphatic heterocycles. The van der Waals surface area contributed by atoms with Crippen molar-refractivity contribution in [3.63, 3.8) is 0 Å². The number of amides is 2. The zero-order valence-electron chi connectivity index (χ0n) is 15.6. The van der Waals surface area contributed by atoms with Crippen LogP contribution in [0.4, 0.5) is 11.4 Å². The van der Waals surface area contributed by atoms with Crippen LogP contribution in [0.15, 0.2) is 64.1 Å². The van der Waals surface area contributed by atoms with Gasteiger partial charge >= 0.3 is 0 Å². The molecule has 0 bridgehead atoms. The molecule has 10 heteroatoms. The molecule has 2 N–H and O–H groups in total. The van der Waals surface area contributed by atoms with Crippen LogP contribution in [0, 0.1) is 10.1 Å². The maximum absolute atomic E-state index is 12.1. The number of nitro benzene ring substituents is 1. The fourth-order valence-electron chi connectivity index (χ4n) is 2.51. The molecule has 9 nitrogen and oxygen atoms in total. The van der Waals surface area contributed by atoms with E-state index >= 15 is 0 Å². The number of non-ortho nitro benzene ring substituents is 1. The topological polar surface area (TPSA) is 127 Å². The Labute approximate surface area is 175 Å². The number of benzene rings is 2. The molecule has 3 rings (SSSR count). The normalized spacial score (nSPS) is 10.7. The van der Waals surface area contributed by atoms with Gasteiger partial charge in [0.05, 0.1) is 16.2 Å². The molecule has 2 aromatic carbocycles. The van der Waals surface area contributed by atoms with Crippen molar-refractivity contribution < 1.29 is 18.9 Å². The van der Waals surface area contributed by atoms with Crippen molar-refractivity contribution in [3.05, 3.63) is 81.1 Å². The minimum atomic E-state index is -0.536. The average Bonchev–Trinajstić information content (AvgIpc) is 3.16. The largest absolute Gasteiger partial charge is 0.455 e. The minimum absolute atomic E-state index is 0.120. The smallest absolute Gasteiger partial charge is 0.271 e. The first-order chi connectivity index (χ1) is 14.3. The van der Waals surface area contributed by atoms with Gasteiger partial charge in [-0.2, -0.15) is 5.10 Å². The zero-order valence-corrected chi connectivity index (χ0v) is 16.3. The van der Waals surface area contributed by atoms with Gasteiger partial charge in [-0.15, -0.1) is 0 Å². The second-order valence-corrected chi connectivity index (χ2v) is 6.49. The lowest BCUT2D eigenvalue weighted by atomic mass is 10.1. The number of anilines is 1. The number of furan rings is 1. The summed E-state index contributed by atoms with van der Waals surface area (Å²) >= 11 is 6.09. The number of carbonyl (C=O) groups excluding carboxylic acids is 2. The standard InChI is InChI=1S/C20H15ClN4O5/c1-12(26)23-14-4-2-13(3-5-14)20(27)24-22-11-16-7-9-19(30-16)17-8-6-15(25(28)29)10-18(17)21/h2-11H,1H3,(H,23,26)(H,24,27)/b22-11-. The van der Waals surface area contributed by atoms with Gasteiger partial charge in [0.2, 0.25) is 5.91 Å². The molecule has 0 radical (unpaired) electrons. The van der Waals surface area contributed by atoms with Crippen LogP contribution < -0.4 is 10.7 Å². The molecule has 1 heterocycles. The Hall–Kier alpha value is -3.98. The van der Waals surface area contributed by atoms with E-state index in [9.17, 15) is 19.7 Å². The van der Waals surface area contributed by atoms with Gasteiger partial charge in [-0.25, -0.2) is 5.43 Å². The quantitative estimate of drug-likeness (QED) is 0.346. The monoisotopic (exact) mass is 426 g/mol. The summed E-state index contributed by atoms with van der Waals surface area (Å²) in [4.78, 5) is 33.4. The van der Waals surface area contributed by atoms with Crippen molar-refractivity contribution >= 4 is 41.0 Å². The minimum Gasteiger partial charge on any atom is -0.455 e. The Bertz CT molecular complexity index is 1140. The SMILES string of the molecule is CC(=O)Nc1ccc(C(=O)N/N=C\c2ccc(-c3ccc([N+](=O)[O-])cc3Cl)o2)cc1. The second-order valence-electron chi connectivity index (χ2n) is 6.08. The number of nitro groups is 1. The van der Waals surface area contributed by atoms with Gasteiger partial charge in [-0.1, -0.05) is 11.6 Å². The van der Waals surface area contributed by atoms with E-state index < -0.39 is 10.8 Å². The summed E-state index contributed by atoms with van der Waals surface area (Å²) < 4.78 is 5.60. The van der Waals surface area contributed by atoms with Gasteiger partial charge in [0.1, 0.15) is 11.5 Å². The van der Waals surface area contributed by atoms with Gasteiger partial charge < -0.3 is 9.73 Å². The van der Waals surface area contributed by atoms with Crippen LogP contribution in [-0.4, -0.2) is 23.0 Å². The van der Waals surface area contributed by atoms with Crippen LogP contribution in [0.3, 0.4) is 0 Å². The molecule has 152 valence electrons. The highest BCUT2D eigenvalue weighted by Crippen LogP contribution is 2.32. The highest BCUT2D eigenvalue weighted by molar-refractivity contribution is 6.33. The number of carbonyl (C=O) groups is 2. The number of nitrogens with one attached hydrogen (secondary N) is 2. The Morgan fingerprint density at radius 3 is 2.50 bits per heavy atom. The molecule has 30 heavy (non-hydrogen) atoms. The molecule has 0 saturated carbocycles. The van der Waals surface area contributed by atoms with Crippen molar-refractivity contribution in [3.8, 4) is 11.3 Å². The summed E-state index contributed by atoms with van der Waals surface area (Å²) in [6, 6.07) is 13.6. The average molecular weight is 427 g/mol. The highest BCUT2D eigenvalue weighted by atomic mass is 35.5. The Morgan fingerprint density at radius 1 is 1.13 bits per heavy atom. The summed E-state index contributed by atoms with van der Waals surface area (Å²) in [6.07, 6.45) is 1.31. The third-order valence-electron chi connectivity index (χ3n) is 3.88. The van der Waals surface area contributed by atoms with Crippen molar-refractivity contribution in [1.82, 2.24) is 5.43 Å². The molecule has 0 unspecified atom stereocenters. The number of nitrogens with zero attached hydrogens (tertiary/aromatic N) is 2. The molecule has 0 aliphatic carbocycles. The van der Waals surface area contributed by atoms with Crippen LogP contribution in [0.1, 0.15) is 23.0 Å². The Balaban J connectivity index is 1.64. The van der Waals surface area contributed by atoms with E-state index in [1.165, 1.54) is 31.3 Å². The van der Waals surface area contributed by atoms with E-state index in [1.807, 2.05) is 0 Å². The molecular weight excluding hydrogens is 412 g/mol. The fraction of sp³-hybridized carbons (Fsp3) is 0.0500. The molecule has 0 atom stereocenters. The summed E-state index contributed by atoms with van der Waals surface area (Å²) in [6.45, 7) is 1.39. The molecule has 3 aromatic rings. The number of hydrogen-bond donors (Lipinski definition) is 2. The number of halogens is 1. The predicted octanol–water partition coefficient (Wildman–Crippen LogP) is 4.23. The van der Waals surface area contributed by atoms with Crippen molar-refractivity contribution in [2.75, 3.05) is 5.32 Å². The zero-order chi connectivity index (χ0) is 21.7. The maximum Gasteiger partial charge on any atom is 0.271 e. The number of hydrazone groups is 1. The molecule has 0 saturated heterocycles. The van der Waals surface area contributed by atoms with Crippen LogP contribution in [0.25, 0.3) is 11.3 Å². The van der Waals surface area contributed by atoms with Gasteiger partial charge in [0.15, 0.2) is 0 Å². The first kappa shape index (κ1) is 20.7. The first-order valence-electron chi connectivity index (χ1n) is 8.58. The van der Waals surface area contributed by atoms with Gasteiger partial charge in [-0.05, 0) is 42.5 Å². The van der Waals surface area contributed by atoms with Gasteiger partial charge in [0.25, 0.3) is 11.6 Å². The summed E-state index contributed by atoms with van der Waals surface area (Å²) in [5, 5.41) is 17.4. The van der Waals surface area contributed by atoms with E-state index in [2.05, 4.69) is 15.8 Å². The maximum atomic E-state index is 12.1. The highest BCUT2D eigenvalue weighted by Gasteiger charge is 2.13. The van der Waals surface area contributed by atoms with E-state index in [4.69, 9.17) is 16.0 Å². The predicted molar refractivity (Wildman–Crippen MR) is 112 cm³/mol. The van der Waals surface area contributed by atoms with Crippen molar-refractivity contribution in [2.45, 2.75) is 6.92 Å². The number of hydrogen-bond acceptors (Lipinski definition) is 6. The molecule has 0 spiro atoms. The molecule has 2 amide bonds. The lowest BCUT2D eigenvalue weighted by molar-refractivity contribution is -0.384. The van der Waals surface area contributed by atoms with Crippen LogP contribution >= 0.6 is 11.6 Å². The van der Waals surface area contributed by atoms with Gasteiger partial charge in [0, 0.05) is 35.9 Å². The third-order valence-corrected chi connectivity index (χ3v) is 4.19. The second kappa shape index (κ2) is 9.01. The molecule has 0 fully saturated rings. The van der Waals surface area contributed by atoms with Crippen molar-refractivity contribution in [2.24, 2.45) is 5.10 Å². The van der Waals surface area contributed by atoms with E-state index in [0.29, 0.717) is 28.3 Å². The van der Waals surface area contributed by atoms with Gasteiger partial charge in [-0.3, -0.25) is 19.7 Å². The fourth-order valence-corrected chi connectivity index (χ4v) is 2.78. The first-order valence-corrected chi connectivity index (χ1v) is 8.96. The molecule has 0 aliphatic rings. The lowest BCUT2D eigenvalue weighted by Crippen LogP contribution is -2.17. The third kappa shape index (κ3) is 5.09. The Kier molecular flexibility index (Phi) is 6.23. The molecular formula is C20H15ClN4O5. The molecule has 1 aromatic heterocycles. The lowest BCUT2D eigenvalue weighted by Gasteiger charge is -2.03. The van der Waals surface area contributed by atoms with Crippen LogP contribution in [0.5, 0.6) is 0 Å². The summed E-state index contributed by atoms with van der Waals surface area (Å²) in [5.41, 5.74) is 3.68. The summed E-state index contributed by atoms with van der Waals surface area (Å²) in [5.74, 6) is 0.104. The van der Waals surface area contributed by atoms with E-state index in [0.717, 1.165) is 0 Å². The van der Waals surface area contributed by atoms with Crippen LogP contribution in [0.2, 0.25) is 5.02 Å². The van der Waals surface area contributed by atoms with E-state index in [-0.39, 0.29) is 16.6 Å². The van der Waals surface area contributed by atoms with E-state index in [1.54, 1.807) is 36.4 Å². The number of rotatable bonds is 6. The summed E-state index contributed by atoms with van der Waals surface area (Å²) in [7, 11) is 0. The Morgan fingerprint density at radius 2 is 1.87 bits per heavy atom.